The molecule has 0 amide bonds. The lowest BCUT2D eigenvalue weighted by Gasteiger charge is -2.03. The standard InChI is InChI=1S/C15H8Cl2N2O2/c16-13-6-5-10(8-14(13)17)12(9-18)7-11-3-1-2-4-15(11)19(20)21/h1-8H/b12-7-. The molecule has 0 unspecified atom stereocenters. The van der Waals surface area contributed by atoms with Crippen molar-refractivity contribution in [3.8, 4) is 6.07 Å². The fourth-order valence-corrected chi connectivity index (χ4v) is 2.07. The van der Waals surface area contributed by atoms with Crippen molar-refractivity contribution in [3.63, 3.8) is 0 Å². The van der Waals surface area contributed by atoms with Gasteiger partial charge in [0.15, 0.2) is 0 Å². The van der Waals surface area contributed by atoms with Gasteiger partial charge in [0.05, 0.1) is 32.2 Å². The average molecular weight is 319 g/mol. The minimum absolute atomic E-state index is 0.0645. The number of benzene rings is 2. The Kier molecular flexibility index (Phi) is 4.59. The van der Waals surface area contributed by atoms with Crippen LogP contribution in [0.4, 0.5) is 5.69 Å². The summed E-state index contributed by atoms with van der Waals surface area (Å²) in [6.07, 6.45) is 1.46. The van der Waals surface area contributed by atoms with Gasteiger partial charge >= 0.3 is 0 Å². The third-order valence-electron chi connectivity index (χ3n) is 2.78. The molecule has 2 aromatic carbocycles. The zero-order chi connectivity index (χ0) is 15.4. The number of hydrogen-bond acceptors (Lipinski definition) is 3. The average Bonchev–Trinajstić information content (AvgIpc) is 2.48. The lowest BCUT2D eigenvalue weighted by Crippen LogP contribution is -1.91. The van der Waals surface area contributed by atoms with Gasteiger partial charge in [-0.1, -0.05) is 41.4 Å². The van der Waals surface area contributed by atoms with Crippen LogP contribution in [0.3, 0.4) is 0 Å². The number of hydrogen-bond donors (Lipinski definition) is 0. The van der Waals surface area contributed by atoms with Crippen LogP contribution in [0, 0.1) is 21.4 Å². The molecule has 0 atom stereocenters. The Bertz CT molecular complexity index is 779. The van der Waals surface area contributed by atoms with Gasteiger partial charge in [0.25, 0.3) is 5.69 Å². The molecule has 21 heavy (non-hydrogen) atoms. The zero-order valence-corrected chi connectivity index (χ0v) is 12.1. The molecule has 0 heterocycles. The van der Waals surface area contributed by atoms with E-state index in [2.05, 4.69) is 0 Å². The normalized spacial score (nSPS) is 11.0. The highest BCUT2D eigenvalue weighted by Crippen LogP contribution is 2.28. The number of nitro groups is 1. The molecular weight excluding hydrogens is 311 g/mol. The van der Waals surface area contributed by atoms with Crippen LogP contribution in [-0.2, 0) is 0 Å². The first-order valence-corrected chi connectivity index (χ1v) is 6.59. The maximum absolute atomic E-state index is 11.0. The molecule has 0 N–H and O–H groups in total. The lowest BCUT2D eigenvalue weighted by atomic mass is 10.0. The van der Waals surface area contributed by atoms with Gasteiger partial charge in [0, 0.05) is 6.07 Å². The minimum Gasteiger partial charge on any atom is -0.258 e. The molecule has 0 aliphatic rings. The van der Waals surface area contributed by atoms with Gasteiger partial charge in [0.2, 0.25) is 0 Å². The van der Waals surface area contributed by atoms with Crippen LogP contribution in [0.1, 0.15) is 11.1 Å². The number of nitro benzene ring substituents is 1. The van der Waals surface area contributed by atoms with Crippen LogP contribution in [0.25, 0.3) is 11.6 Å². The molecule has 0 saturated carbocycles. The summed E-state index contributed by atoms with van der Waals surface area (Å²) in [5.41, 5.74) is 1.10. The van der Waals surface area contributed by atoms with E-state index in [1.54, 1.807) is 36.4 Å². The highest BCUT2D eigenvalue weighted by Gasteiger charge is 2.12. The maximum Gasteiger partial charge on any atom is 0.276 e. The Hall–Kier alpha value is -2.35. The van der Waals surface area contributed by atoms with Crippen molar-refractivity contribution in [1.29, 1.82) is 5.26 Å². The van der Waals surface area contributed by atoms with Gasteiger partial charge in [-0.3, -0.25) is 10.1 Å². The van der Waals surface area contributed by atoms with Crippen molar-refractivity contribution in [2.45, 2.75) is 0 Å². The van der Waals surface area contributed by atoms with E-state index in [-0.39, 0.29) is 11.3 Å². The largest absolute Gasteiger partial charge is 0.276 e. The predicted molar refractivity (Wildman–Crippen MR) is 83.0 cm³/mol. The first-order valence-electron chi connectivity index (χ1n) is 5.83. The Morgan fingerprint density at radius 3 is 2.52 bits per heavy atom. The van der Waals surface area contributed by atoms with E-state index < -0.39 is 4.92 Å². The van der Waals surface area contributed by atoms with Crippen LogP contribution < -0.4 is 0 Å². The second kappa shape index (κ2) is 6.40. The van der Waals surface area contributed by atoms with Crippen LogP contribution in [-0.4, -0.2) is 4.92 Å². The van der Waals surface area contributed by atoms with Gasteiger partial charge in [-0.05, 0) is 29.8 Å². The smallest absolute Gasteiger partial charge is 0.258 e. The fraction of sp³-hybridized carbons (Fsp3) is 0. The maximum atomic E-state index is 11.0. The van der Waals surface area contributed by atoms with Crippen LogP contribution >= 0.6 is 23.2 Å². The fourth-order valence-electron chi connectivity index (χ4n) is 1.78. The van der Waals surface area contributed by atoms with Crippen molar-refractivity contribution in [1.82, 2.24) is 0 Å². The topological polar surface area (TPSA) is 66.9 Å². The van der Waals surface area contributed by atoms with Crippen molar-refractivity contribution in [3.05, 3.63) is 73.8 Å². The summed E-state index contributed by atoms with van der Waals surface area (Å²) in [5, 5.41) is 20.9. The zero-order valence-electron chi connectivity index (χ0n) is 10.6. The number of nitriles is 1. The van der Waals surface area contributed by atoms with Gasteiger partial charge < -0.3 is 0 Å². The first-order chi connectivity index (χ1) is 10.0. The number of para-hydroxylation sites is 1. The SMILES string of the molecule is N#C/C(=C/c1ccccc1[N+](=O)[O-])c1ccc(Cl)c(Cl)c1. The summed E-state index contributed by atoms with van der Waals surface area (Å²) in [7, 11) is 0. The summed E-state index contributed by atoms with van der Waals surface area (Å²) in [6, 6.07) is 13.0. The lowest BCUT2D eigenvalue weighted by molar-refractivity contribution is -0.385. The van der Waals surface area contributed by atoms with E-state index in [1.807, 2.05) is 6.07 Å². The molecule has 0 fully saturated rings. The highest BCUT2D eigenvalue weighted by molar-refractivity contribution is 6.42. The van der Waals surface area contributed by atoms with Gasteiger partial charge in [-0.25, -0.2) is 0 Å². The predicted octanol–water partition coefficient (Wildman–Crippen LogP) is 4.97. The molecule has 0 aliphatic heterocycles. The molecule has 2 rings (SSSR count). The monoisotopic (exact) mass is 318 g/mol. The Morgan fingerprint density at radius 2 is 1.90 bits per heavy atom. The van der Waals surface area contributed by atoms with Crippen molar-refractivity contribution in [2.75, 3.05) is 0 Å². The summed E-state index contributed by atoms with van der Waals surface area (Å²) >= 11 is 11.8. The van der Waals surface area contributed by atoms with Crippen LogP contribution in [0.15, 0.2) is 42.5 Å². The Labute approximate surface area is 131 Å². The van der Waals surface area contributed by atoms with Crippen LogP contribution in [0.2, 0.25) is 10.0 Å². The molecule has 4 nitrogen and oxygen atoms in total. The van der Waals surface area contributed by atoms with Crippen molar-refractivity contribution in [2.24, 2.45) is 0 Å². The highest BCUT2D eigenvalue weighted by atomic mass is 35.5. The van der Waals surface area contributed by atoms with E-state index >= 15 is 0 Å². The van der Waals surface area contributed by atoms with Gasteiger partial charge in [-0.2, -0.15) is 5.26 Å². The van der Waals surface area contributed by atoms with E-state index in [4.69, 9.17) is 23.2 Å². The second-order valence-electron chi connectivity index (χ2n) is 4.11. The first kappa shape index (κ1) is 15.0. The molecule has 6 heteroatoms. The van der Waals surface area contributed by atoms with Crippen molar-refractivity contribution >= 4 is 40.5 Å². The third-order valence-corrected chi connectivity index (χ3v) is 3.52. The molecular formula is C15H8Cl2N2O2. The molecule has 0 aromatic heterocycles. The number of allylic oxidation sites excluding steroid dienone is 1. The van der Waals surface area contributed by atoms with E-state index in [9.17, 15) is 15.4 Å². The second-order valence-corrected chi connectivity index (χ2v) is 4.93. The minimum atomic E-state index is -0.490. The van der Waals surface area contributed by atoms with Crippen molar-refractivity contribution < 1.29 is 4.92 Å². The molecule has 0 bridgehead atoms. The Balaban J connectivity index is 2.54. The van der Waals surface area contributed by atoms with Gasteiger partial charge in [-0.15, -0.1) is 0 Å². The molecule has 0 saturated heterocycles. The molecule has 0 aliphatic carbocycles. The number of nitrogens with zero attached hydrogens (tertiary/aromatic N) is 2. The Morgan fingerprint density at radius 1 is 1.19 bits per heavy atom. The summed E-state index contributed by atoms with van der Waals surface area (Å²) < 4.78 is 0. The third kappa shape index (κ3) is 3.40. The quantitative estimate of drug-likeness (QED) is 0.347. The number of halogens is 2. The molecule has 0 radical (unpaired) electrons. The van der Waals surface area contributed by atoms with Gasteiger partial charge in [0.1, 0.15) is 0 Å². The molecule has 104 valence electrons. The van der Waals surface area contributed by atoms with E-state index in [0.29, 0.717) is 21.2 Å². The summed E-state index contributed by atoms with van der Waals surface area (Å²) in [4.78, 5) is 10.5. The van der Waals surface area contributed by atoms with Crippen LogP contribution in [0.5, 0.6) is 0 Å². The molecule has 0 spiro atoms. The number of rotatable bonds is 3. The summed E-state index contributed by atoms with van der Waals surface area (Å²) in [5.74, 6) is 0. The molecule has 2 aromatic rings. The van der Waals surface area contributed by atoms with E-state index in [0.717, 1.165) is 0 Å². The summed E-state index contributed by atoms with van der Waals surface area (Å²) in [6.45, 7) is 0. The van der Waals surface area contributed by atoms with E-state index in [1.165, 1.54) is 12.1 Å².